The van der Waals surface area contributed by atoms with Crippen LogP contribution < -0.4 is 0 Å². The van der Waals surface area contributed by atoms with Gasteiger partial charge in [-0.25, -0.2) is 4.21 Å². The molecule has 0 aromatic heterocycles. The van der Waals surface area contributed by atoms with E-state index in [9.17, 15) is 4.21 Å². The van der Waals surface area contributed by atoms with Crippen molar-refractivity contribution in [2.24, 2.45) is 0 Å². The van der Waals surface area contributed by atoms with Crippen molar-refractivity contribution in [2.45, 2.75) is 24.8 Å². The highest BCUT2D eigenvalue weighted by Crippen LogP contribution is 2.29. The number of halogens is 1. The molecule has 2 nitrogen and oxygen atoms in total. The third kappa shape index (κ3) is 2.68. The van der Waals surface area contributed by atoms with Crippen LogP contribution in [0.25, 0.3) is 10.8 Å². The third-order valence-electron chi connectivity index (χ3n) is 2.28. The SMILES string of the molecule is CC(C)OS(=O)c1c(Cl)ccc2ccccc12. The van der Waals surface area contributed by atoms with E-state index >= 15 is 0 Å². The van der Waals surface area contributed by atoms with Crippen molar-refractivity contribution in [1.82, 2.24) is 0 Å². The fourth-order valence-corrected chi connectivity index (χ4v) is 3.00. The highest BCUT2D eigenvalue weighted by atomic mass is 35.5. The smallest absolute Gasteiger partial charge is 0.191 e. The highest BCUT2D eigenvalue weighted by Gasteiger charge is 2.15. The predicted octanol–water partition coefficient (Wildman–Crippen LogP) is 3.94. The molecule has 2 aromatic rings. The molecule has 0 aliphatic rings. The molecule has 0 fully saturated rings. The van der Waals surface area contributed by atoms with Crippen LogP contribution in [0, 0.1) is 0 Å². The Morgan fingerprint density at radius 2 is 1.88 bits per heavy atom. The second kappa shape index (κ2) is 5.17. The molecular weight excluding hydrogens is 256 g/mol. The number of hydrogen-bond acceptors (Lipinski definition) is 2. The van der Waals surface area contributed by atoms with Gasteiger partial charge in [-0.15, -0.1) is 0 Å². The number of rotatable bonds is 3. The first-order chi connectivity index (χ1) is 8.09. The van der Waals surface area contributed by atoms with Crippen LogP contribution in [0.15, 0.2) is 41.3 Å². The zero-order valence-electron chi connectivity index (χ0n) is 9.64. The van der Waals surface area contributed by atoms with Crippen LogP contribution >= 0.6 is 11.6 Å². The van der Waals surface area contributed by atoms with Crippen LogP contribution in [0.4, 0.5) is 0 Å². The monoisotopic (exact) mass is 268 g/mol. The first-order valence-electron chi connectivity index (χ1n) is 5.35. The summed E-state index contributed by atoms with van der Waals surface area (Å²) in [5, 5.41) is 2.36. The molecule has 0 amide bonds. The minimum Gasteiger partial charge on any atom is -0.284 e. The lowest BCUT2D eigenvalue weighted by atomic mass is 10.1. The molecule has 4 heteroatoms. The Hall–Kier alpha value is -0.900. The van der Waals surface area contributed by atoms with Gasteiger partial charge in [0.2, 0.25) is 0 Å². The van der Waals surface area contributed by atoms with Crippen molar-refractivity contribution in [3.63, 3.8) is 0 Å². The molecule has 0 aliphatic carbocycles. The maximum atomic E-state index is 12.1. The molecule has 17 heavy (non-hydrogen) atoms. The second-order valence-corrected chi connectivity index (χ2v) is 5.45. The first-order valence-corrected chi connectivity index (χ1v) is 6.81. The number of benzene rings is 2. The summed E-state index contributed by atoms with van der Waals surface area (Å²) in [4.78, 5) is 0.554. The summed E-state index contributed by atoms with van der Waals surface area (Å²) >= 11 is 4.58. The predicted molar refractivity (Wildman–Crippen MR) is 71.6 cm³/mol. The van der Waals surface area contributed by atoms with Gasteiger partial charge in [0.15, 0.2) is 11.1 Å². The topological polar surface area (TPSA) is 26.3 Å². The average Bonchev–Trinajstić information content (AvgIpc) is 2.27. The molecular formula is C13H13ClO2S. The normalized spacial score (nSPS) is 13.2. The van der Waals surface area contributed by atoms with E-state index in [0.717, 1.165) is 10.8 Å². The van der Waals surface area contributed by atoms with Gasteiger partial charge in [-0.2, -0.15) is 0 Å². The van der Waals surface area contributed by atoms with Crippen LogP contribution in [-0.2, 0) is 15.3 Å². The van der Waals surface area contributed by atoms with Gasteiger partial charge < -0.3 is 0 Å². The van der Waals surface area contributed by atoms with E-state index in [1.165, 1.54) is 0 Å². The van der Waals surface area contributed by atoms with Gasteiger partial charge >= 0.3 is 0 Å². The van der Waals surface area contributed by atoms with Gasteiger partial charge in [0.1, 0.15) is 0 Å². The number of hydrogen-bond donors (Lipinski definition) is 0. The summed E-state index contributed by atoms with van der Waals surface area (Å²) in [7, 11) is 0. The molecule has 1 unspecified atom stereocenters. The quantitative estimate of drug-likeness (QED) is 0.843. The molecule has 2 aromatic carbocycles. The molecule has 90 valence electrons. The van der Waals surface area contributed by atoms with E-state index in [4.69, 9.17) is 15.8 Å². The average molecular weight is 269 g/mol. The minimum atomic E-state index is -1.53. The van der Waals surface area contributed by atoms with Crippen LogP contribution in [0.5, 0.6) is 0 Å². The van der Waals surface area contributed by atoms with Gasteiger partial charge in [-0.1, -0.05) is 41.9 Å². The lowest BCUT2D eigenvalue weighted by Gasteiger charge is -2.10. The molecule has 0 N–H and O–H groups in total. The second-order valence-electron chi connectivity index (χ2n) is 3.98. The first kappa shape index (κ1) is 12.6. The van der Waals surface area contributed by atoms with E-state index < -0.39 is 11.1 Å². The summed E-state index contributed by atoms with van der Waals surface area (Å²) in [6.07, 6.45) is -0.106. The maximum absolute atomic E-state index is 12.1. The minimum absolute atomic E-state index is 0.106. The molecule has 0 heterocycles. The standard InChI is InChI=1S/C13H13ClO2S/c1-9(2)16-17(15)13-11-6-4-3-5-10(11)7-8-12(13)14/h3-9H,1-2H3. The van der Waals surface area contributed by atoms with Crippen molar-refractivity contribution >= 4 is 33.5 Å². The van der Waals surface area contributed by atoms with Crippen LogP contribution in [0.1, 0.15) is 13.8 Å². The summed E-state index contributed by atoms with van der Waals surface area (Å²) < 4.78 is 17.4. The molecule has 0 spiro atoms. The maximum Gasteiger partial charge on any atom is 0.191 e. The largest absolute Gasteiger partial charge is 0.284 e. The van der Waals surface area contributed by atoms with Gasteiger partial charge in [0.05, 0.1) is 16.0 Å². The Morgan fingerprint density at radius 1 is 1.18 bits per heavy atom. The molecule has 0 aliphatic heterocycles. The third-order valence-corrected chi connectivity index (χ3v) is 4.04. The lowest BCUT2D eigenvalue weighted by molar-refractivity contribution is 0.270. The van der Waals surface area contributed by atoms with Gasteiger partial charge in [-0.3, -0.25) is 4.18 Å². The van der Waals surface area contributed by atoms with E-state index in [2.05, 4.69) is 0 Å². The van der Waals surface area contributed by atoms with Crippen LogP contribution in [0.3, 0.4) is 0 Å². The molecule has 2 rings (SSSR count). The van der Waals surface area contributed by atoms with E-state index in [0.29, 0.717) is 9.92 Å². The summed E-state index contributed by atoms with van der Waals surface area (Å²) in [6.45, 7) is 3.69. The fraction of sp³-hybridized carbons (Fsp3) is 0.231. The summed E-state index contributed by atoms with van der Waals surface area (Å²) in [5.74, 6) is 0. The van der Waals surface area contributed by atoms with Gasteiger partial charge in [0, 0.05) is 5.39 Å². The van der Waals surface area contributed by atoms with Crippen molar-refractivity contribution in [2.75, 3.05) is 0 Å². The molecule has 1 atom stereocenters. The van der Waals surface area contributed by atoms with E-state index in [1.807, 2.05) is 44.2 Å². The van der Waals surface area contributed by atoms with Crippen molar-refractivity contribution in [1.29, 1.82) is 0 Å². The zero-order valence-corrected chi connectivity index (χ0v) is 11.2. The molecule has 0 saturated carbocycles. The lowest BCUT2D eigenvalue weighted by Crippen LogP contribution is -2.06. The Labute approximate surface area is 108 Å². The van der Waals surface area contributed by atoms with E-state index in [1.54, 1.807) is 6.07 Å². The summed E-state index contributed by atoms with van der Waals surface area (Å²) in [6, 6.07) is 11.4. The van der Waals surface area contributed by atoms with Crippen molar-refractivity contribution in [3.8, 4) is 0 Å². The Bertz CT molecular complexity index is 566. The zero-order chi connectivity index (χ0) is 12.4. The Balaban J connectivity index is 2.58. The molecule has 0 radical (unpaired) electrons. The van der Waals surface area contributed by atoms with Crippen molar-refractivity contribution in [3.05, 3.63) is 41.4 Å². The Morgan fingerprint density at radius 3 is 2.59 bits per heavy atom. The van der Waals surface area contributed by atoms with Crippen LogP contribution in [0.2, 0.25) is 5.02 Å². The molecule has 0 saturated heterocycles. The number of fused-ring (bicyclic) bond motifs is 1. The highest BCUT2D eigenvalue weighted by molar-refractivity contribution is 7.80. The van der Waals surface area contributed by atoms with Crippen LogP contribution in [-0.4, -0.2) is 10.3 Å². The van der Waals surface area contributed by atoms with Gasteiger partial charge in [0.25, 0.3) is 0 Å². The van der Waals surface area contributed by atoms with E-state index in [-0.39, 0.29) is 6.10 Å². The van der Waals surface area contributed by atoms with Crippen molar-refractivity contribution < 1.29 is 8.39 Å². The molecule has 0 bridgehead atoms. The fourth-order valence-electron chi connectivity index (χ4n) is 1.61. The Kier molecular flexibility index (Phi) is 3.82. The summed E-state index contributed by atoms with van der Waals surface area (Å²) in [5.41, 5.74) is 0. The van der Waals surface area contributed by atoms with Gasteiger partial charge in [-0.05, 0) is 25.3 Å².